The molecule has 1 amide bonds. The number of carbonyl (C=O) groups is 1. The van der Waals surface area contributed by atoms with Crippen molar-refractivity contribution in [3.63, 3.8) is 0 Å². The van der Waals surface area contributed by atoms with Crippen LogP contribution >= 0.6 is 11.3 Å². The number of hydrogen-bond acceptors (Lipinski definition) is 3. The Morgan fingerprint density at radius 1 is 1.00 bits per heavy atom. The number of primary amides is 1. The first-order valence-electron chi connectivity index (χ1n) is 7.78. The van der Waals surface area contributed by atoms with Gasteiger partial charge in [-0.25, -0.2) is 0 Å². The van der Waals surface area contributed by atoms with Gasteiger partial charge in [-0.2, -0.15) is 0 Å². The van der Waals surface area contributed by atoms with Crippen LogP contribution in [-0.2, 0) is 11.3 Å². The van der Waals surface area contributed by atoms with Gasteiger partial charge in [0.25, 0.3) is 5.56 Å². The van der Waals surface area contributed by atoms with Gasteiger partial charge in [0.15, 0.2) is 0 Å². The van der Waals surface area contributed by atoms with Crippen molar-refractivity contribution in [1.29, 1.82) is 0 Å². The smallest absolute Gasteiger partial charge is 0.251 e. The van der Waals surface area contributed by atoms with Crippen molar-refractivity contribution in [1.82, 2.24) is 4.57 Å². The Kier molecular flexibility index (Phi) is 4.91. The van der Waals surface area contributed by atoms with Crippen molar-refractivity contribution in [2.45, 2.75) is 19.4 Å². The number of amides is 1. The van der Waals surface area contributed by atoms with Gasteiger partial charge in [-0.1, -0.05) is 30.3 Å². The van der Waals surface area contributed by atoms with E-state index in [0.717, 1.165) is 10.4 Å². The number of pyridine rings is 1. The quantitative estimate of drug-likeness (QED) is 0.747. The molecule has 0 radical (unpaired) electrons. The van der Waals surface area contributed by atoms with Crippen LogP contribution in [0.2, 0.25) is 0 Å². The van der Waals surface area contributed by atoms with E-state index in [1.165, 1.54) is 10.4 Å². The minimum absolute atomic E-state index is 0.0633. The monoisotopic (exact) mass is 338 g/mol. The highest BCUT2D eigenvalue weighted by Gasteiger charge is 2.07. The van der Waals surface area contributed by atoms with Crippen LogP contribution in [-0.4, -0.2) is 10.5 Å². The van der Waals surface area contributed by atoms with E-state index in [2.05, 4.69) is 18.2 Å². The summed E-state index contributed by atoms with van der Waals surface area (Å²) < 4.78 is 1.61. The fourth-order valence-corrected chi connectivity index (χ4v) is 3.53. The van der Waals surface area contributed by atoms with E-state index in [1.54, 1.807) is 28.2 Å². The van der Waals surface area contributed by atoms with Crippen molar-refractivity contribution in [2.75, 3.05) is 0 Å². The van der Waals surface area contributed by atoms with Gasteiger partial charge >= 0.3 is 0 Å². The van der Waals surface area contributed by atoms with Gasteiger partial charge in [-0.15, -0.1) is 11.3 Å². The fourth-order valence-electron chi connectivity index (χ4n) is 2.52. The van der Waals surface area contributed by atoms with Gasteiger partial charge in [0.2, 0.25) is 5.91 Å². The maximum Gasteiger partial charge on any atom is 0.251 e. The number of nitrogens with zero attached hydrogens (tertiary/aromatic N) is 1. The van der Waals surface area contributed by atoms with E-state index in [9.17, 15) is 9.59 Å². The Morgan fingerprint density at radius 3 is 2.38 bits per heavy atom. The highest BCUT2D eigenvalue weighted by molar-refractivity contribution is 7.18. The zero-order valence-electron chi connectivity index (χ0n) is 13.1. The van der Waals surface area contributed by atoms with E-state index >= 15 is 0 Å². The van der Waals surface area contributed by atoms with Crippen LogP contribution in [0.3, 0.4) is 0 Å². The molecular formula is C19H18N2O2S. The summed E-state index contributed by atoms with van der Waals surface area (Å²) in [6, 6.07) is 17.9. The molecule has 3 aromatic rings. The maximum absolute atomic E-state index is 12.2. The SMILES string of the molecule is NC(=O)CCCn1ccc(-c2ccc(-c3ccccc3)s2)cc1=O. The molecule has 0 saturated carbocycles. The average molecular weight is 338 g/mol. The summed E-state index contributed by atoms with van der Waals surface area (Å²) in [6.07, 6.45) is 2.64. The van der Waals surface area contributed by atoms with Crippen LogP contribution < -0.4 is 11.3 Å². The van der Waals surface area contributed by atoms with Crippen molar-refractivity contribution in [3.8, 4) is 20.9 Å². The van der Waals surface area contributed by atoms with Gasteiger partial charge in [0.1, 0.15) is 0 Å². The van der Waals surface area contributed by atoms with Crippen molar-refractivity contribution >= 4 is 17.2 Å². The number of carbonyl (C=O) groups excluding carboxylic acids is 1. The Morgan fingerprint density at radius 2 is 1.71 bits per heavy atom. The highest BCUT2D eigenvalue weighted by atomic mass is 32.1. The molecule has 0 aliphatic rings. The molecule has 122 valence electrons. The lowest BCUT2D eigenvalue weighted by Crippen LogP contribution is -2.20. The van der Waals surface area contributed by atoms with Gasteiger partial charge in [-0.05, 0) is 35.7 Å². The van der Waals surface area contributed by atoms with Crippen LogP contribution in [0.25, 0.3) is 20.9 Å². The standard InChI is InChI=1S/C19H18N2O2S/c20-18(22)7-4-11-21-12-10-15(13-19(21)23)17-9-8-16(24-17)14-5-2-1-3-6-14/h1-3,5-6,8-10,12-13H,4,7,11H2,(H2,20,22). The number of thiophene rings is 1. The molecule has 2 heterocycles. The Labute approximate surface area is 144 Å². The molecule has 0 spiro atoms. The Hall–Kier alpha value is -2.66. The molecule has 0 fully saturated rings. The number of aromatic nitrogens is 1. The fraction of sp³-hybridized carbons (Fsp3) is 0.158. The summed E-state index contributed by atoms with van der Waals surface area (Å²) in [7, 11) is 0. The molecule has 24 heavy (non-hydrogen) atoms. The molecule has 0 aliphatic carbocycles. The third kappa shape index (κ3) is 3.81. The van der Waals surface area contributed by atoms with Gasteiger partial charge < -0.3 is 10.3 Å². The zero-order valence-corrected chi connectivity index (χ0v) is 14.0. The first-order chi connectivity index (χ1) is 11.6. The van der Waals surface area contributed by atoms with Crippen LogP contribution in [0.5, 0.6) is 0 Å². The molecule has 0 aliphatic heterocycles. The van der Waals surface area contributed by atoms with Crippen LogP contribution in [0.15, 0.2) is 65.6 Å². The predicted octanol–water partition coefficient (Wildman–Crippen LogP) is 3.51. The molecular weight excluding hydrogens is 320 g/mol. The second-order valence-electron chi connectivity index (χ2n) is 5.55. The molecule has 2 N–H and O–H groups in total. The molecule has 2 aromatic heterocycles. The summed E-state index contributed by atoms with van der Waals surface area (Å²) >= 11 is 1.67. The molecule has 4 nitrogen and oxygen atoms in total. The summed E-state index contributed by atoms with van der Waals surface area (Å²) in [4.78, 5) is 25.2. The predicted molar refractivity (Wildman–Crippen MR) is 97.9 cm³/mol. The first-order valence-corrected chi connectivity index (χ1v) is 8.59. The Balaban J connectivity index is 1.78. The number of nitrogens with two attached hydrogens (primary N) is 1. The Bertz CT molecular complexity index is 897. The third-order valence-corrected chi connectivity index (χ3v) is 4.95. The summed E-state index contributed by atoms with van der Waals surface area (Å²) in [6.45, 7) is 0.502. The molecule has 5 heteroatoms. The first kappa shape index (κ1) is 16.2. The summed E-state index contributed by atoms with van der Waals surface area (Å²) in [5.74, 6) is -0.341. The van der Waals surface area contributed by atoms with E-state index < -0.39 is 0 Å². The van der Waals surface area contributed by atoms with Crippen molar-refractivity contribution in [2.24, 2.45) is 5.73 Å². The molecule has 0 saturated heterocycles. The average Bonchev–Trinajstić information content (AvgIpc) is 3.07. The van der Waals surface area contributed by atoms with Gasteiger partial charge in [0.05, 0.1) is 0 Å². The largest absolute Gasteiger partial charge is 0.370 e. The normalized spacial score (nSPS) is 10.7. The van der Waals surface area contributed by atoms with Gasteiger partial charge in [-0.3, -0.25) is 9.59 Å². The van der Waals surface area contributed by atoms with E-state index in [1.807, 2.05) is 30.3 Å². The van der Waals surface area contributed by atoms with Crippen molar-refractivity contribution < 1.29 is 4.79 Å². The van der Waals surface area contributed by atoms with Crippen LogP contribution in [0, 0.1) is 0 Å². The maximum atomic E-state index is 12.2. The minimum Gasteiger partial charge on any atom is -0.370 e. The zero-order chi connectivity index (χ0) is 16.9. The number of hydrogen-bond donors (Lipinski definition) is 1. The van der Waals surface area contributed by atoms with E-state index in [0.29, 0.717) is 19.4 Å². The molecule has 1 aromatic carbocycles. The summed E-state index contributed by atoms with van der Waals surface area (Å²) in [5.41, 5.74) is 7.15. The van der Waals surface area contributed by atoms with E-state index in [4.69, 9.17) is 5.73 Å². The van der Waals surface area contributed by atoms with Gasteiger partial charge in [0, 0.05) is 35.0 Å². The van der Waals surface area contributed by atoms with Crippen molar-refractivity contribution in [3.05, 3.63) is 71.1 Å². The number of benzene rings is 1. The number of aryl methyl sites for hydroxylation is 1. The lowest BCUT2D eigenvalue weighted by atomic mass is 10.2. The van der Waals surface area contributed by atoms with E-state index in [-0.39, 0.29) is 11.5 Å². The second-order valence-corrected chi connectivity index (χ2v) is 6.63. The summed E-state index contributed by atoms with van der Waals surface area (Å²) in [5, 5.41) is 0. The minimum atomic E-state index is -0.341. The van der Waals surface area contributed by atoms with Crippen LogP contribution in [0.4, 0.5) is 0 Å². The lowest BCUT2D eigenvalue weighted by Gasteiger charge is -2.05. The lowest BCUT2D eigenvalue weighted by molar-refractivity contribution is -0.118. The highest BCUT2D eigenvalue weighted by Crippen LogP contribution is 2.33. The third-order valence-electron chi connectivity index (χ3n) is 3.77. The molecule has 0 unspecified atom stereocenters. The molecule has 0 atom stereocenters. The molecule has 0 bridgehead atoms. The molecule has 3 rings (SSSR count). The topological polar surface area (TPSA) is 65.1 Å². The van der Waals surface area contributed by atoms with Crippen LogP contribution in [0.1, 0.15) is 12.8 Å². The second kappa shape index (κ2) is 7.27. The number of rotatable bonds is 6.